The number of fused-ring (bicyclic) bond motifs is 2. The minimum absolute atomic E-state index is 0. The van der Waals surface area contributed by atoms with Crippen LogP contribution in [0, 0.1) is 0 Å². The van der Waals surface area contributed by atoms with Crippen molar-refractivity contribution < 1.29 is 89.0 Å². The van der Waals surface area contributed by atoms with Crippen LogP contribution in [0.4, 0.5) is 24.6 Å². The van der Waals surface area contributed by atoms with Crippen molar-refractivity contribution in [3.8, 4) is 23.0 Å². The second-order valence-electron chi connectivity index (χ2n) is 22.9. The number of ether oxygens (including phenoxy) is 6. The Morgan fingerprint density at radius 1 is 0.589 bits per heavy atom. The molecule has 0 unspecified atom stereocenters. The summed E-state index contributed by atoms with van der Waals surface area (Å²) in [5.41, 5.74) is 16.2. The molecule has 1 saturated heterocycles. The van der Waals surface area contributed by atoms with Crippen LogP contribution in [0.5, 0.6) is 23.0 Å². The number of alkyl halides is 3. The van der Waals surface area contributed by atoms with E-state index in [0.29, 0.717) is 55.3 Å². The summed E-state index contributed by atoms with van der Waals surface area (Å²) >= 11 is 35.1. The number of nitrogens with zero attached hydrogens (tertiary/aromatic N) is 4. The van der Waals surface area contributed by atoms with Gasteiger partial charge in [0.05, 0.1) is 92.9 Å². The molecular formula is C67H81Br3Cl4N10O19S4. The minimum atomic E-state index is -3.36. The highest BCUT2D eigenvalue weighted by molar-refractivity contribution is 9.09. The lowest BCUT2D eigenvalue weighted by Gasteiger charge is -2.17. The first kappa shape index (κ1) is 97.4. The maximum Gasteiger partial charge on any atom is 0.453 e. The van der Waals surface area contributed by atoms with E-state index in [1.807, 2.05) is 0 Å². The van der Waals surface area contributed by atoms with E-state index in [2.05, 4.69) is 90.3 Å². The second kappa shape index (κ2) is 48.0. The van der Waals surface area contributed by atoms with Gasteiger partial charge in [0.25, 0.3) is 5.91 Å². The van der Waals surface area contributed by atoms with Crippen molar-refractivity contribution in [2.45, 2.75) is 88.7 Å². The molecule has 0 saturated carbocycles. The Morgan fingerprint density at radius 3 is 1.36 bits per heavy atom. The van der Waals surface area contributed by atoms with Crippen LogP contribution in [0.25, 0.3) is 20.4 Å². The van der Waals surface area contributed by atoms with Crippen LogP contribution in [0.2, 0.25) is 20.1 Å². The predicted octanol–water partition coefficient (Wildman–Crippen LogP) is 16.6. The van der Waals surface area contributed by atoms with Gasteiger partial charge in [-0.15, -0.1) is 0 Å². The molecule has 0 aliphatic carbocycles. The minimum Gasteiger partial charge on any atom is -0.508 e. The van der Waals surface area contributed by atoms with Crippen molar-refractivity contribution in [1.82, 2.24) is 21.4 Å². The van der Waals surface area contributed by atoms with Crippen molar-refractivity contribution in [1.29, 1.82) is 0 Å². The molecule has 0 bridgehead atoms. The van der Waals surface area contributed by atoms with Crippen molar-refractivity contribution in [2.24, 2.45) is 21.7 Å². The molecule has 29 nitrogen and oxygen atoms in total. The van der Waals surface area contributed by atoms with Gasteiger partial charge in [-0.25, -0.2) is 46.0 Å². The van der Waals surface area contributed by atoms with E-state index in [9.17, 15) is 50.4 Å². The van der Waals surface area contributed by atoms with E-state index < -0.39 is 72.8 Å². The number of rotatable bonds is 14. The fourth-order valence-corrected chi connectivity index (χ4v) is 11.4. The SMILES string of the molecule is C1CCOC1.CC(C)(C)OC(=O)N=NC(=O)OC(C)(C)C.CCCBr.COC(=O)c1cc(O)ccc1Cl.CS(=O)(=O)c1ccc2nc(N)sc2c1.CS(=O)(=O)c1ccc2nc(NC(=O)NC(=O)c3cc(OCCBr)ccc3Cl)sc2c1.N.NC(=O)c1cc(O)ccc1Cl.NC(=O)c1cc(OCCBr)ccc1Cl. The number of imide groups is 1. The molecule has 8 aromatic rings. The number of methoxy groups -OCH3 is 1. The highest BCUT2D eigenvalue weighted by Crippen LogP contribution is 2.30. The molecule has 40 heteroatoms. The molecule has 0 spiro atoms. The summed E-state index contributed by atoms with van der Waals surface area (Å²) in [4.78, 5) is 87.9. The number of phenolic OH excluding ortho intramolecular Hbond substituents is 2. The number of thiazole rings is 2. The van der Waals surface area contributed by atoms with Gasteiger partial charge in [-0.05, 0) is 170 Å². The topological polar surface area (TPSA) is 471 Å². The Morgan fingerprint density at radius 2 is 0.981 bits per heavy atom. The molecule has 2 aromatic heterocycles. The number of aromatic hydroxyl groups is 2. The fraction of sp³-hybridized carbons (Fsp3) is 0.328. The number of aromatic nitrogens is 2. The van der Waals surface area contributed by atoms with Crippen LogP contribution in [0.3, 0.4) is 0 Å². The Hall–Kier alpha value is -7.59. The van der Waals surface area contributed by atoms with Crippen LogP contribution in [0.15, 0.2) is 129 Å². The number of azo groups is 1. The quantitative estimate of drug-likeness (QED) is 0.0217. The molecule has 0 radical (unpaired) electrons. The number of urea groups is 1. The zero-order valence-electron chi connectivity index (χ0n) is 59.3. The molecule has 9 rings (SSSR count). The van der Waals surface area contributed by atoms with Crippen molar-refractivity contribution >= 4 is 209 Å². The maximum absolute atomic E-state index is 12.4. The van der Waals surface area contributed by atoms with Gasteiger partial charge in [-0.1, -0.05) is 134 Å². The molecule has 586 valence electrons. The Bertz CT molecular complexity index is 4530. The largest absolute Gasteiger partial charge is 0.508 e. The number of nitrogens with one attached hydrogen (secondary N) is 2. The van der Waals surface area contributed by atoms with Crippen molar-refractivity contribution in [3.05, 3.63) is 152 Å². The Labute approximate surface area is 672 Å². The lowest BCUT2D eigenvalue weighted by Crippen LogP contribution is -2.34. The third kappa shape index (κ3) is 38.9. The van der Waals surface area contributed by atoms with Crippen molar-refractivity contribution in [3.63, 3.8) is 0 Å². The van der Waals surface area contributed by atoms with Gasteiger partial charge in [-0.2, -0.15) is 0 Å². The summed E-state index contributed by atoms with van der Waals surface area (Å²) in [5, 5.41) is 32.9. The number of halogens is 7. The van der Waals surface area contributed by atoms with Gasteiger partial charge in [0.2, 0.25) is 11.8 Å². The number of esters is 1. The highest BCUT2D eigenvalue weighted by atomic mass is 79.9. The third-order valence-corrected chi connectivity index (χ3v) is 18.5. The van der Waals surface area contributed by atoms with Crippen LogP contribution in [0.1, 0.15) is 109 Å². The van der Waals surface area contributed by atoms with Gasteiger partial charge in [-0.3, -0.25) is 25.0 Å². The monoisotopic (exact) mass is 1830 g/mol. The molecule has 6 aromatic carbocycles. The summed E-state index contributed by atoms with van der Waals surface area (Å²) < 4.78 is 76.9. The summed E-state index contributed by atoms with van der Waals surface area (Å²) in [6, 6.07) is 26.0. The van der Waals surface area contributed by atoms with E-state index >= 15 is 0 Å². The van der Waals surface area contributed by atoms with Gasteiger partial charge in [0.15, 0.2) is 29.9 Å². The fourth-order valence-electron chi connectivity index (χ4n) is 7.14. The average molecular weight is 1840 g/mol. The number of nitrogen functional groups attached to an aromatic ring is 1. The molecule has 1 aliphatic heterocycles. The second-order valence-corrected chi connectivity index (χ2v) is 33.0. The van der Waals surface area contributed by atoms with Gasteiger partial charge < -0.3 is 62.0 Å². The molecule has 13 N–H and O–H groups in total. The number of nitrogens with two attached hydrogens (primary N) is 3. The predicted molar refractivity (Wildman–Crippen MR) is 429 cm³/mol. The van der Waals surface area contributed by atoms with E-state index in [-0.39, 0.29) is 65.0 Å². The van der Waals surface area contributed by atoms with E-state index in [0.717, 1.165) is 51.7 Å². The number of primary amides is 2. The number of phenols is 2. The lowest BCUT2D eigenvalue weighted by atomic mass is 10.2. The number of hydrogen-bond donors (Lipinski definition) is 8. The Balaban J connectivity index is 0.000000648. The Kier molecular flexibility index (Phi) is 43.7. The zero-order valence-corrected chi connectivity index (χ0v) is 70.4. The number of hydrogen-bond acceptors (Lipinski definition) is 25. The van der Waals surface area contributed by atoms with E-state index in [1.165, 1.54) is 117 Å². The molecule has 1 aliphatic rings. The van der Waals surface area contributed by atoms with E-state index in [1.54, 1.807) is 77.9 Å². The number of anilines is 2. The molecule has 1 fully saturated rings. The number of carbonyl (C=O) groups is 7. The average Bonchev–Trinajstić information content (AvgIpc) is 1.68. The number of amides is 7. The standard InChI is InChI=1S/C18H15BrClN3O5S2.C10H18N2O4.C9H9BrClNO2.C8H7ClO3.C8H8N2O2S2.C7H6ClNO2.C4H8O.C3H7Br.H3N/c1-30(26,27)11-3-5-14-15(9-11)29-18(21-14)23-17(25)22-16(24)12-8-10(28-7-6-19)2-4-13(12)20;1-9(2,3)15-7(13)11-12-8(14)16-10(4,5)6;10-3-4-14-6-1-2-8(11)7(5-6)9(12)13;1-12-8(11)6-4-5(10)2-3-7(6)9;1-14(11,12)5-2-3-6-7(4-5)13-8(9)10-6;8-6-2-1-4(10)3-5(6)7(9)11;1-2-4-5-3-1;1-2-3-4;/h2-5,8-9H,6-7H2,1H3,(H2,21,22,23,24,25);1-6H3;1-2,5H,3-4H2,(H2,12,13);2-4,10H,1H3;2-4H,1H3,(H2,9,10);1-3,10H,(H2,9,11);1-4H2;2-3H2,1H3;1H3. The van der Waals surface area contributed by atoms with Crippen LogP contribution in [-0.2, 0) is 38.6 Å². The summed E-state index contributed by atoms with van der Waals surface area (Å²) in [7, 11) is -5.25. The molecule has 3 heterocycles. The molecular weight excluding hydrogens is 1760 g/mol. The first-order valence-corrected chi connectivity index (χ1v) is 41.0. The lowest BCUT2D eigenvalue weighted by molar-refractivity contribution is 0.0516. The normalized spacial score (nSPS) is 11.4. The summed E-state index contributed by atoms with van der Waals surface area (Å²) in [6.45, 7) is 15.2. The van der Waals surface area contributed by atoms with Crippen LogP contribution < -0.4 is 43.5 Å². The smallest absolute Gasteiger partial charge is 0.453 e. The number of benzene rings is 6. The summed E-state index contributed by atoms with van der Waals surface area (Å²) in [6.07, 6.45) is 4.24. The summed E-state index contributed by atoms with van der Waals surface area (Å²) in [5.74, 6) is -1.48. The molecule has 7 amide bonds. The van der Waals surface area contributed by atoms with Gasteiger partial charge in [0.1, 0.15) is 34.2 Å². The number of sulfone groups is 2. The van der Waals surface area contributed by atoms with Crippen molar-refractivity contribution in [2.75, 3.05) is 73.1 Å². The maximum atomic E-state index is 12.4. The van der Waals surface area contributed by atoms with Gasteiger partial charge >= 0.3 is 24.2 Å². The van der Waals surface area contributed by atoms with Crippen LogP contribution in [-0.4, -0.2) is 152 Å². The van der Waals surface area contributed by atoms with E-state index in [4.69, 9.17) is 97.5 Å². The zero-order chi connectivity index (χ0) is 80.3. The first-order valence-electron chi connectivity index (χ1n) is 30.7. The molecule has 0 atom stereocenters. The van der Waals surface area contributed by atoms with Gasteiger partial charge in [0, 0.05) is 41.7 Å². The number of carbonyl (C=O) groups excluding carboxylic acids is 7. The van der Waals surface area contributed by atoms with Crippen LogP contribution >= 0.6 is 117 Å². The highest BCUT2D eigenvalue weighted by Gasteiger charge is 2.21. The first-order chi connectivity index (χ1) is 49.4. The molecule has 107 heavy (non-hydrogen) atoms. The third-order valence-electron chi connectivity index (χ3n) is 11.7.